The van der Waals surface area contributed by atoms with E-state index in [0.717, 1.165) is 6.07 Å². The van der Waals surface area contributed by atoms with Crippen LogP contribution in [0.25, 0.3) is 0 Å². The molecule has 0 aromatic heterocycles. The van der Waals surface area contributed by atoms with Crippen LogP contribution >= 0.6 is 0 Å². The fourth-order valence-electron chi connectivity index (χ4n) is 1.48. The molecule has 1 unspecified atom stereocenters. The Morgan fingerprint density at radius 2 is 1.73 bits per heavy atom. The quantitative estimate of drug-likeness (QED) is 0.725. The van der Waals surface area contributed by atoms with Crippen LogP contribution < -0.4 is 5.73 Å². The van der Waals surface area contributed by atoms with Crippen LogP contribution in [0.2, 0.25) is 0 Å². The van der Waals surface area contributed by atoms with E-state index in [9.17, 15) is 17.6 Å². The summed E-state index contributed by atoms with van der Waals surface area (Å²) < 4.78 is 50.2. The first kappa shape index (κ1) is 12.0. The maximum atomic E-state index is 13.3. The van der Waals surface area contributed by atoms with Crippen molar-refractivity contribution in [3.8, 4) is 0 Å². The number of aryl methyl sites for hydroxylation is 2. The zero-order chi connectivity index (χ0) is 11.8. The van der Waals surface area contributed by atoms with Crippen molar-refractivity contribution in [2.24, 2.45) is 5.73 Å². The molecule has 5 heteroatoms. The highest BCUT2D eigenvalue weighted by atomic mass is 19.4. The number of benzene rings is 1. The lowest BCUT2D eigenvalue weighted by Crippen LogP contribution is -2.30. The molecule has 0 radical (unpaired) electrons. The summed E-state index contributed by atoms with van der Waals surface area (Å²) in [7, 11) is 0. The van der Waals surface area contributed by atoms with Crippen LogP contribution in [0.15, 0.2) is 12.1 Å². The van der Waals surface area contributed by atoms with Gasteiger partial charge >= 0.3 is 6.18 Å². The molecular formula is C10H11F4N. The molecule has 1 atom stereocenters. The molecule has 0 aliphatic heterocycles. The van der Waals surface area contributed by atoms with E-state index < -0.39 is 23.6 Å². The van der Waals surface area contributed by atoms with Crippen molar-refractivity contribution in [2.75, 3.05) is 0 Å². The standard InChI is InChI=1S/C10H11F4N/c1-5-3-6(2)8(7(11)4-5)9(15)10(12,13)14/h3-4,9H,15H2,1-2H3. The second kappa shape index (κ2) is 3.81. The molecule has 0 saturated carbocycles. The summed E-state index contributed by atoms with van der Waals surface area (Å²) in [6.07, 6.45) is -4.62. The average Bonchev–Trinajstić information content (AvgIpc) is 1.99. The summed E-state index contributed by atoms with van der Waals surface area (Å²) in [5.74, 6) is -0.905. The van der Waals surface area contributed by atoms with Crippen LogP contribution in [0, 0.1) is 19.7 Å². The number of nitrogens with two attached hydrogens (primary N) is 1. The molecule has 1 rings (SSSR count). The Hall–Kier alpha value is -1.10. The summed E-state index contributed by atoms with van der Waals surface area (Å²) in [5, 5.41) is 0. The fourth-order valence-corrected chi connectivity index (χ4v) is 1.48. The van der Waals surface area contributed by atoms with E-state index in [1.54, 1.807) is 6.92 Å². The van der Waals surface area contributed by atoms with Gasteiger partial charge in [0.25, 0.3) is 0 Å². The third-order valence-electron chi connectivity index (χ3n) is 2.14. The molecule has 0 bridgehead atoms. The van der Waals surface area contributed by atoms with Crippen molar-refractivity contribution in [1.82, 2.24) is 0 Å². The van der Waals surface area contributed by atoms with E-state index in [1.807, 2.05) is 0 Å². The van der Waals surface area contributed by atoms with Gasteiger partial charge in [0.1, 0.15) is 11.9 Å². The summed E-state index contributed by atoms with van der Waals surface area (Å²) in [6, 6.07) is 0.260. The predicted molar refractivity (Wildman–Crippen MR) is 48.9 cm³/mol. The predicted octanol–water partition coefficient (Wildman–Crippen LogP) is 3.00. The van der Waals surface area contributed by atoms with Gasteiger partial charge in [0.2, 0.25) is 0 Å². The Bertz CT molecular complexity index is 347. The topological polar surface area (TPSA) is 26.0 Å². The van der Waals surface area contributed by atoms with E-state index in [-0.39, 0.29) is 5.56 Å². The van der Waals surface area contributed by atoms with Gasteiger partial charge in [0.15, 0.2) is 0 Å². The smallest absolute Gasteiger partial charge is 0.316 e. The Morgan fingerprint density at radius 3 is 2.13 bits per heavy atom. The van der Waals surface area contributed by atoms with Gasteiger partial charge in [-0.05, 0) is 31.0 Å². The van der Waals surface area contributed by atoms with E-state index in [0.29, 0.717) is 5.56 Å². The minimum Gasteiger partial charge on any atom is -0.316 e. The van der Waals surface area contributed by atoms with Crippen LogP contribution in [0.3, 0.4) is 0 Å². The number of hydrogen-bond donors (Lipinski definition) is 1. The molecule has 0 saturated heterocycles. The van der Waals surface area contributed by atoms with Gasteiger partial charge in [0, 0.05) is 5.56 Å². The van der Waals surface area contributed by atoms with Gasteiger partial charge in [-0.15, -0.1) is 0 Å². The Kier molecular flexibility index (Phi) is 3.04. The maximum absolute atomic E-state index is 13.3. The number of hydrogen-bond acceptors (Lipinski definition) is 1. The Labute approximate surface area is 84.9 Å². The maximum Gasteiger partial charge on any atom is 0.407 e. The van der Waals surface area contributed by atoms with Crippen LogP contribution in [-0.2, 0) is 0 Å². The Balaban J connectivity index is 3.26. The van der Waals surface area contributed by atoms with Crippen LogP contribution in [0.5, 0.6) is 0 Å². The van der Waals surface area contributed by atoms with E-state index in [2.05, 4.69) is 0 Å². The largest absolute Gasteiger partial charge is 0.407 e. The number of alkyl halides is 3. The molecule has 0 spiro atoms. The SMILES string of the molecule is Cc1cc(C)c(C(N)C(F)(F)F)c(F)c1. The third-order valence-corrected chi connectivity index (χ3v) is 2.14. The number of halogens is 4. The first-order chi connectivity index (χ1) is 6.73. The van der Waals surface area contributed by atoms with Crippen LogP contribution in [-0.4, -0.2) is 6.18 Å². The van der Waals surface area contributed by atoms with Crippen molar-refractivity contribution >= 4 is 0 Å². The molecule has 0 heterocycles. The highest BCUT2D eigenvalue weighted by Gasteiger charge is 2.40. The van der Waals surface area contributed by atoms with Gasteiger partial charge in [-0.2, -0.15) is 13.2 Å². The normalized spacial score (nSPS) is 14.1. The molecule has 2 N–H and O–H groups in total. The lowest BCUT2D eigenvalue weighted by atomic mass is 9.98. The van der Waals surface area contributed by atoms with Crippen molar-refractivity contribution in [3.05, 3.63) is 34.6 Å². The van der Waals surface area contributed by atoms with Crippen molar-refractivity contribution < 1.29 is 17.6 Å². The van der Waals surface area contributed by atoms with E-state index in [1.165, 1.54) is 13.0 Å². The molecule has 0 aliphatic carbocycles. The Morgan fingerprint density at radius 1 is 1.20 bits per heavy atom. The fraction of sp³-hybridized carbons (Fsp3) is 0.400. The van der Waals surface area contributed by atoms with Gasteiger partial charge in [-0.1, -0.05) is 6.07 Å². The minimum atomic E-state index is -4.62. The molecule has 84 valence electrons. The highest BCUT2D eigenvalue weighted by Crippen LogP contribution is 2.33. The zero-order valence-electron chi connectivity index (χ0n) is 8.32. The summed E-state index contributed by atoms with van der Waals surface area (Å²) in [6.45, 7) is 3.02. The zero-order valence-corrected chi connectivity index (χ0v) is 8.32. The van der Waals surface area contributed by atoms with Gasteiger partial charge in [-0.25, -0.2) is 4.39 Å². The third kappa shape index (κ3) is 2.47. The first-order valence-electron chi connectivity index (χ1n) is 4.32. The van der Waals surface area contributed by atoms with Crippen molar-refractivity contribution in [2.45, 2.75) is 26.1 Å². The lowest BCUT2D eigenvalue weighted by molar-refractivity contribution is -0.149. The summed E-state index contributed by atoms with van der Waals surface area (Å²) >= 11 is 0. The molecule has 1 aromatic carbocycles. The number of rotatable bonds is 1. The second-order valence-corrected chi connectivity index (χ2v) is 3.50. The minimum absolute atomic E-state index is 0.220. The molecular weight excluding hydrogens is 210 g/mol. The van der Waals surface area contributed by atoms with E-state index >= 15 is 0 Å². The van der Waals surface area contributed by atoms with Gasteiger partial charge < -0.3 is 5.73 Å². The lowest BCUT2D eigenvalue weighted by Gasteiger charge is -2.19. The van der Waals surface area contributed by atoms with Crippen LogP contribution in [0.4, 0.5) is 17.6 Å². The van der Waals surface area contributed by atoms with E-state index in [4.69, 9.17) is 5.73 Å². The molecule has 0 amide bonds. The summed E-state index contributed by atoms with van der Waals surface area (Å²) in [5.41, 5.74) is 5.27. The average molecular weight is 221 g/mol. The molecule has 0 aliphatic rings. The van der Waals surface area contributed by atoms with Crippen molar-refractivity contribution in [3.63, 3.8) is 0 Å². The second-order valence-electron chi connectivity index (χ2n) is 3.50. The molecule has 15 heavy (non-hydrogen) atoms. The first-order valence-corrected chi connectivity index (χ1v) is 4.32. The van der Waals surface area contributed by atoms with Crippen molar-refractivity contribution in [1.29, 1.82) is 0 Å². The van der Waals surface area contributed by atoms with Gasteiger partial charge in [-0.3, -0.25) is 0 Å². The monoisotopic (exact) mass is 221 g/mol. The highest BCUT2D eigenvalue weighted by molar-refractivity contribution is 5.34. The summed E-state index contributed by atoms with van der Waals surface area (Å²) in [4.78, 5) is 0. The molecule has 1 nitrogen and oxygen atoms in total. The van der Waals surface area contributed by atoms with Gasteiger partial charge in [0.05, 0.1) is 0 Å². The molecule has 1 aromatic rings. The van der Waals surface area contributed by atoms with Crippen LogP contribution in [0.1, 0.15) is 22.7 Å². The molecule has 0 fully saturated rings.